The molecular formula is C18H17N5O3. The Balaban J connectivity index is 1.76. The van der Waals surface area contributed by atoms with Crippen LogP contribution in [0.5, 0.6) is 11.6 Å². The molecule has 0 radical (unpaired) electrons. The van der Waals surface area contributed by atoms with E-state index in [1.165, 1.54) is 0 Å². The van der Waals surface area contributed by atoms with Gasteiger partial charge in [0.05, 0.1) is 49.6 Å². The lowest BCUT2D eigenvalue weighted by Crippen LogP contribution is -2.22. The molecule has 4 heterocycles. The van der Waals surface area contributed by atoms with E-state index in [0.29, 0.717) is 23.7 Å². The third-order valence-corrected chi connectivity index (χ3v) is 4.38. The molecule has 1 N–H and O–H groups in total. The van der Waals surface area contributed by atoms with Gasteiger partial charge in [0.2, 0.25) is 0 Å². The zero-order chi connectivity index (χ0) is 18.3. The van der Waals surface area contributed by atoms with Crippen LogP contribution in [0.1, 0.15) is 21.6 Å². The monoisotopic (exact) mass is 351 g/mol. The number of methoxy groups -OCH3 is 2. The number of ether oxygens (including phenoxy) is 2. The predicted octanol–water partition coefficient (Wildman–Crippen LogP) is 2.35. The molecule has 132 valence electrons. The number of fused-ring (bicyclic) bond motifs is 1. The molecule has 0 saturated heterocycles. The molecule has 0 saturated carbocycles. The molecule has 3 aromatic heterocycles. The Bertz CT molecular complexity index is 985. The van der Waals surface area contributed by atoms with Crippen molar-refractivity contribution in [3.05, 3.63) is 47.5 Å². The number of carbonyl (C=O) groups is 1. The van der Waals surface area contributed by atoms with Gasteiger partial charge in [0.15, 0.2) is 5.75 Å². The Morgan fingerprint density at radius 3 is 2.73 bits per heavy atom. The average molecular weight is 351 g/mol. The molecule has 0 bridgehead atoms. The van der Waals surface area contributed by atoms with E-state index in [2.05, 4.69) is 15.2 Å². The number of hydrogen-bond acceptors (Lipinski definition) is 6. The Morgan fingerprint density at radius 1 is 1.19 bits per heavy atom. The van der Waals surface area contributed by atoms with Gasteiger partial charge in [0.1, 0.15) is 0 Å². The fourth-order valence-electron chi connectivity index (χ4n) is 3.08. The van der Waals surface area contributed by atoms with Crippen LogP contribution in [0, 0.1) is 6.92 Å². The lowest BCUT2D eigenvalue weighted by atomic mass is 10.0. The number of aromatic nitrogens is 4. The molecule has 1 aliphatic heterocycles. The summed E-state index contributed by atoms with van der Waals surface area (Å²) < 4.78 is 10.5. The maximum Gasteiger partial charge on any atom is 0.260 e. The number of aryl methyl sites for hydroxylation is 1. The number of rotatable bonds is 4. The number of nitrogens with zero attached hydrogens (tertiary/aromatic N) is 4. The van der Waals surface area contributed by atoms with E-state index in [0.717, 1.165) is 28.2 Å². The van der Waals surface area contributed by atoms with Crippen LogP contribution in [0.15, 0.2) is 30.7 Å². The van der Waals surface area contributed by atoms with E-state index in [1.807, 2.05) is 19.1 Å². The quantitative estimate of drug-likeness (QED) is 0.775. The van der Waals surface area contributed by atoms with Crippen LogP contribution in [-0.4, -0.2) is 40.3 Å². The number of anilines is 1. The van der Waals surface area contributed by atoms with Gasteiger partial charge < -0.3 is 9.47 Å². The second kappa shape index (κ2) is 6.14. The van der Waals surface area contributed by atoms with E-state index in [-0.39, 0.29) is 5.91 Å². The van der Waals surface area contributed by atoms with Crippen LogP contribution >= 0.6 is 0 Å². The topological polar surface area (TPSA) is 93.2 Å². The molecule has 0 aliphatic carbocycles. The van der Waals surface area contributed by atoms with Crippen LogP contribution in [0.25, 0.3) is 11.3 Å². The van der Waals surface area contributed by atoms with E-state index in [9.17, 15) is 4.79 Å². The lowest BCUT2D eigenvalue weighted by Gasteiger charge is -2.11. The first kappa shape index (κ1) is 16.1. The summed E-state index contributed by atoms with van der Waals surface area (Å²) in [7, 11) is 3.10. The number of nitrogens with one attached hydrogen (secondary N) is 1. The average Bonchev–Trinajstić information content (AvgIpc) is 3.29. The fraction of sp³-hybridized carbons (Fsp3) is 0.222. The van der Waals surface area contributed by atoms with Crippen molar-refractivity contribution >= 4 is 11.6 Å². The molecular weight excluding hydrogens is 334 g/mol. The Kier molecular flexibility index (Phi) is 3.80. The number of pyridine rings is 2. The van der Waals surface area contributed by atoms with Gasteiger partial charge in [0.25, 0.3) is 11.8 Å². The van der Waals surface area contributed by atoms with Crippen molar-refractivity contribution in [1.82, 2.24) is 20.2 Å². The third kappa shape index (κ3) is 2.46. The molecule has 0 aromatic carbocycles. The molecule has 0 atom stereocenters. The maximum atomic E-state index is 12.7. The standard InChI is InChI=1S/C18H17N5O3/c1-10-4-13-14(9-23(18(13)24)12-7-20-21-8-12)22-16(10)11-5-15(25-2)17(26-3)19-6-11/h4-8H,9H2,1-3H3,(H,20,21). The summed E-state index contributed by atoms with van der Waals surface area (Å²) in [5.41, 5.74) is 4.52. The number of aromatic amines is 1. The van der Waals surface area contributed by atoms with Gasteiger partial charge in [-0.1, -0.05) is 0 Å². The van der Waals surface area contributed by atoms with E-state index < -0.39 is 0 Å². The first-order valence-corrected chi connectivity index (χ1v) is 8.02. The largest absolute Gasteiger partial charge is 0.491 e. The van der Waals surface area contributed by atoms with Crippen LogP contribution in [0.4, 0.5) is 5.69 Å². The molecule has 8 heteroatoms. The van der Waals surface area contributed by atoms with Crippen molar-refractivity contribution < 1.29 is 14.3 Å². The number of hydrogen-bond donors (Lipinski definition) is 1. The van der Waals surface area contributed by atoms with Crippen LogP contribution in [-0.2, 0) is 6.54 Å². The predicted molar refractivity (Wildman–Crippen MR) is 94.4 cm³/mol. The van der Waals surface area contributed by atoms with Crippen LogP contribution < -0.4 is 14.4 Å². The summed E-state index contributed by atoms with van der Waals surface area (Å²) in [5.74, 6) is 0.869. The zero-order valence-corrected chi connectivity index (χ0v) is 14.6. The van der Waals surface area contributed by atoms with Crippen molar-refractivity contribution in [3.8, 4) is 22.9 Å². The van der Waals surface area contributed by atoms with Gasteiger partial charge >= 0.3 is 0 Å². The van der Waals surface area contributed by atoms with E-state index in [1.54, 1.807) is 37.7 Å². The second-order valence-corrected chi connectivity index (χ2v) is 5.93. The first-order valence-electron chi connectivity index (χ1n) is 8.02. The molecule has 26 heavy (non-hydrogen) atoms. The van der Waals surface area contributed by atoms with E-state index in [4.69, 9.17) is 14.5 Å². The van der Waals surface area contributed by atoms with Crippen LogP contribution in [0.3, 0.4) is 0 Å². The minimum atomic E-state index is -0.0750. The van der Waals surface area contributed by atoms with E-state index >= 15 is 0 Å². The Hall–Kier alpha value is -3.42. The lowest BCUT2D eigenvalue weighted by molar-refractivity contribution is 0.0996. The number of amides is 1. The number of H-pyrrole nitrogens is 1. The van der Waals surface area contributed by atoms with Crippen molar-refractivity contribution in [2.24, 2.45) is 0 Å². The van der Waals surface area contributed by atoms with Gasteiger partial charge in [-0.15, -0.1) is 0 Å². The van der Waals surface area contributed by atoms with Gasteiger partial charge in [0, 0.05) is 18.0 Å². The Morgan fingerprint density at radius 2 is 2.04 bits per heavy atom. The summed E-state index contributed by atoms with van der Waals surface area (Å²) in [5, 5.41) is 6.64. The zero-order valence-electron chi connectivity index (χ0n) is 14.6. The third-order valence-electron chi connectivity index (χ3n) is 4.38. The van der Waals surface area contributed by atoms with Crippen LogP contribution in [0.2, 0.25) is 0 Å². The SMILES string of the molecule is COc1cc(-c2nc3c(cc2C)C(=O)N(c2cn[nH]c2)C3)cnc1OC. The molecule has 0 unspecified atom stereocenters. The highest BCUT2D eigenvalue weighted by Crippen LogP contribution is 2.33. The highest BCUT2D eigenvalue weighted by atomic mass is 16.5. The van der Waals surface area contributed by atoms with Gasteiger partial charge in [-0.05, 0) is 24.6 Å². The second-order valence-electron chi connectivity index (χ2n) is 5.93. The highest BCUT2D eigenvalue weighted by molar-refractivity contribution is 6.09. The van der Waals surface area contributed by atoms with Crippen molar-refractivity contribution in [3.63, 3.8) is 0 Å². The molecule has 3 aromatic rings. The minimum Gasteiger partial charge on any atom is -0.491 e. The maximum absolute atomic E-state index is 12.7. The molecule has 0 spiro atoms. The summed E-state index contributed by atoms with van der Waals surface area (Å²) in [6, 6.07) is 3.70. The first-order chi connectivity index (χ1) is 12.6. The Labute approximate surface area is 149 Å². The van der Waals surface area contributed by atoms with Crippen molar-refractivity contribution in [1.29, 1.82) is 0 Å². The highest BCUT2D eigenvalue weighted by Gasteiger charge is 2.31. The number of carbonyl (C=O) groups excluding carboxylic acids is 1. The summed E-state index contributed by atoms with van der Waals surface area (Å²) >= 11 is 0. The van der Waals surface area contributed by atoms with Crippen molar-refractivity contribution in [2.75, 3.05) is 19.1 Å². The molecule has 1 aliphatic rings. The van der Waals surface area contributed by atoms with Crippen molar-refractivity contribution in [2.45, 2.75) is 13.5 Å². The fourth-order valence-corrected chi connectivity index (χ4v) is 3.08. The summed E-state index contributed by atoms with van der Waals surface area (Å²) in [4.78, 5) is 23.3. The summed E-state index contributed by atoms with van der Waals surface area (Å²) in [6.07, 6.45) is 5.00. The summed E-state index contributed by atoms with van der Waals surface area (Å²) in [6.45, 7) is 2.33. The van der Waals surface area contributed by atoms with Gasteiger partial charge in [-0.3, -0.25) is 14.8 Å². The molecule has 8 nitrogen and oxygen atoms in total. The minimum absolute atomic E-state index is 0.0750. The van der Waals surface area contributed by atoms with Gasteiger partial charge in [-0.2, -0.15) is 5.10 Å². The molecule has 0 fully saturated rings. The normalized spacial score (nSPS) is 13.0. The molecule has 1 amide bonds. The smallest absolute Gasteiger partial charge is 0.260 e. The van der Waals surface area contributed by atoms with Gasteiger partial charge in [-0.25, -0.2) is 9.97 Å². The molecule has 4 rings (SSSR count).